The van der Waals surface area contributed by atoms with Crippen molar-refractivity contribution in [2.75, 3.05) is 13.6 Å². The van der Waals surface area contributed by atoms with E-state index in [1.807, 2.05) is 43.4 Å². The Morgan fingerprint density at radius 2 is 1.63 bits per heavy atom. The minimum atomic E-state index is -0.118. The van der Waals surface area contributed by atoms with Gasteiger partial charge in [0.2, 0.25) is 0 Å². The summed E-state index contributed by atoms with van der Waals surface area (Å²) < 4.78 is 0. The minimum Gasteiger partial charge on any atom is -0.340 e. The second kappa shape index (κ2) is 11.7. The van der Waals surface area contributed by atoms with Crippen LogP contribution in [0.25, 0.3) is 22.0 Å². The lowest BCUT2D eigenvalue weighted by atomic mass is 9.85. The summed E-state index contributed by atoms with van der Waals surface area (Å²) in [5.41, 5.74) is 5.88. The van der Waals surface area contributed by atoms with Gasteiger partial charge in [-0.3, -0.25) is 19.6 Å². The van der Waals surface area contributed by atoms with Gasteiger partial charge in [0, 0.05) is 48.9 Å². The van der Waals surface area contributed by atoms with Crippen molar-refractivity contribution in [1.82, 2.24) is 14.9 Å². The third-order valence-corrected chi connectivity index (χ3v) is 6.70. The third-order valence-electron chi connectivity index (χ3n) is 6.70. The number of aromatic nitrogens is 2. The van der Waals surface area contributed by atoms with E-state index in [2.05, 4.69) is 55.9 Å². The van der Waals surface area contributed by atoms with E-state index in [9.17, 15) is 9.59 Å². The Bertz CT molecular complexity index is 1420. The summed E-state index contributed by atoms with van der Waals surface area (Å²) in [6, 6.07) is 20.1. The van der Waals surface area contributed by atoms with E-state index in [0.717, 1.165) is 52.5 Å². The van der Waals surface area contributed by atoms with Crippen molar-refractivity contribution in [3.63, 3.8) is 0 Å². The summed E-state index contributed by atoms with van der Waals surface area (Å²) in [7, 11) is 1.82. The highest BCUT2D eigenvalue weighted by atomic mass is 16.2. The second-order valence-electron chi connectivity index (χ2n) is 11.2. The van der Waals surface area contributed by atoms with Crippen molar-refractivity contribution >= 4 is 22.6 Å². The number of fused-ring (bicyclic) bond motifs is 1. The number of carbonyl (C=O) groups is 2. The molecule has 5 nitrogen and oxygen atoms in total. The van der Waals surface area contributed by atoms with Crippen LogP contribution in [0.4, 0.5) is 0 Å². The summed E-state index contributed by atoms with van der Waals surface area (Å²) in [4.78, 5) is 37.0. The summed E-state index contributed by atoms with van der Waals surface area (Å²) in [5, 5.41) is 0.963. The molecule has 2 aromatic carbocycles. The van der Waals surface area contributed by atoms with Crippen LogP contribution in [0, 0.1) is 5.41 Å². The van der Waals surface area contributed by atoms with E-state index in [0.29, 0.717) is 24.1 Å². The first-order chi connectivity index (χ1) is 18.2. The molecule has 0 bridgehead atoms. The lowest BCUT2D eigenvalue weighted by Crippen LogP contribution is -2.28. The molecule has 4 aromatic rings. The number of Topliss-reactive ketones (excluding diaryl/α,β-unsaturated/α-hetero) is 1. The molecule has 0 unspecified atom stereocenters. The van der Waals surface area contributed by atoms with Crippen LogP contribution in [-0.2, 0) is 6.42 Å². The van der Waals surface area contributed by atoms with E-state index < -0.39 is 0 Å². The highest BCUT2D eigenvalue weighted by Crippen LogP contribution is 2.31. The maximum Gasteiger partial charge on any atom is 0.272 e. The van der Waals surface area contributed by atoms with Crippen LogP contribution >= 0.6 is 0 Å². The van der Waals surface area contributed by atoms with Gasteiger partial charge in [0.1, 0.15) is 5.69 Å². The predicted octanol–water partition coefficient (Wildman–Crippen LogP) is 7.38. The number of benzene rings is 2. The molecule has 0 aliphatic rings. The number of carbonyl (C=O) groups excluding carboxylic acids is 2. The molecule has 0 aliphatic heterocycles. The maximum absolute atomic E-state index is 13.4. The van der Waals surface area contributed by atoms with Crippen LogP contribution < -0.4 is 0 Å². The molecule has 2 aromatic heterocycles. The van der Waals surface area contributed by atoms with Crippen LogP contribution in [0.1, 0.15) is 78.9 Å². The highest BCUT2D eigenvalue weighted by Gasteiger charge is 2.22. The van der Waals surface area contributed by atoms with Crippen molar-refractivity contribution in [3.8, 4) is 11.1 Å². The number of ketones is 1. The number of hydrogen-bond acceptors (Lipinski definition) is 4. The van der Waals surface area contributed by atoms with Gasteiger partial charge in [-0.25, -0.2) is 0 Å². The van der Waals surface area contributed by atoms with Crippen LogP contribution in [0.15, 0.2) is 73.1 Å². The Morgan fingerprint density at radius 3 is 2.29 bits per heavy atom. The SMILES string of the molecule is CCCCN(C)C(=O)c1ccc(-c2ccc3ncc(C(=O)CC(C)(C)C)c(Cc4ccccc4)c3c2)cn1. The largest absolute Gasteiger partial charge is 0.340 e. The minimum absolute atomic E-state index is 0.0696. The number of pyridine rings is 2. The van der Waals surface area contributed by atoms with E-state index in [1.165, 1.54) is 0 Å². The number of nitrogens with zero attached hydrogens (tertiary/aromatic N) is 3. The quantitative estimate of drug-likeness (QED) is 0.222. The summed E-state index contributed by atoms with van der Waals surface area (Å²) in [6.45, 7) is 9.07. The van der Waals surface area contributed by atoms with Crippen molar-refractivity contribution < 1.29 is 9.59 Å². The Morgan fingerprint density at radius 1 is 0.895 bits per heavy atom. The van der Waals surface area contributed by atoms with Gasteiger partial charge in [-0.15, -0.1) is 0 Å². The third kappa shape index (κ3) is 6.52. The summed E-state index contributed by atoms with van der Waals surface area (Å²) >= 11 is 0. The molecule has 0 saturated heterocycles. The molecule has 4 rings (SSSR count). The van der Waals surface area contributed by atoms with Gasteiger partial charge in [0.25, 0.3) is 5.91 Å². The zero-order valence-electron chi connectivity index (χ0n) is 23.1. The molecule has 0 radical (unpaired) electrons. The van der Waals surface area contributed by atoms with Crippen molar-refractivity contribution in [1.29, 1.82) is 0 Å². The average molecular weight is 508 g/mol. The van der Waals surface area contributed by atoms with Crippen molar-refractivity contribution in [2.24, 2.45) is 5.41 Å². The fourth-order valence-electron chi connectivity index (χ4n) is 4.62. The summed E-state index contributed by atoms with van der Waals surface area (Å²) in [6.07, 6.45) is 6.60. The lowest BCUT2D eigenvalue weighted by molar-refractivity contribution is 0.0787. The first kappa shape index (κ1) is 27.2. The molecule has 0 spiro atoms. The molecular weight excluding hydrogens is 470 g/mol. The van der Waals surface area contributed by atoms with Gasteiger partial charge in [0.15, 0.2) is 5.78 Å². The average Bonchev–Trinajstić information content (AvgIpc) is 2.91. The zero-order chi connectivity index (χ0) is 27.3. The van der Waals surface area contributed by atoms with Gasteiger partial charge < -0.3 is 4.90 Å². The molecule has 1 amide bonds. The zero-order valence-corrected chi connectivity index (χ0v) is 23.1. The standard InChI is InChI=1S/C33H37N3O2/c1-6-7-17-36(5)32(38)30-16-14-25(21-34-30)24-13-15-29-27(19-24)26(18-23-11-9-8-10-12-23)28(22-35-29)31(37)20-33(2,3)4/h8-16,19,21-22H,6-7,17-18,20H2,1-5H3. The van der Waals surface area contributed by atoms with Crippen molar-refractivity contribution in [3.05, 3.63) is 95.4 Å². The fourth-order valence-corrected chi connectivity index (χ4v) is 4.62. The monoisotopic (exact) mass is 507 g/mol. The van der Waals surface area contributed by atoms with Gasteiger partial charge in [0.05, 0.1) is 5.52 Å². The van der Waals surface area contributed by atoms with E-state index in [-0.39, 0.29) is 17.1 Å². The molecule has 0 N–H and O–H groups in total. The van der Waals surface area contributed by atoms with Crippen LogP contribution in [0.2, 0.25) is 0 Å². The molecule has 0 fully saturated rings. The first-order valence-electron chi connectivity index (χ1n) is 13.4. The second-order valence-corrected chi connectivity index (χ2v) is 11.2. The Balaban J connectivity index is 1.74. The van der Waals surface area contributed by atoms with E-state index in [1.54, 1.807) is 23.4 Å². The molecule has 38 heavy (non-hydrogen) atoms. The normalized spacial score (nSPS) is 11.5. The molecule has 0 atom stereocenters. The van der Waals surface area contributed by atoms with Gasteiger partial charge in [-0.2, -0.15) is 0 Å². The first-order valence-corrected chi connectivity index (χ1v) is 13.4. The van der Waals surface area contributed by atoms with Crippen molar-refractivity contribution in [2.45, 2.75) is 53.4 Å². The molecule has 196 valence electrons. The Labute approximate surface area is 225 Å². The molecule has 0 saturated carbocycles. The number of rotatable bonds is 9. The van der Waals surface area contributed by atoms with E-state index in [4.69, 9.17) is 0 Å². The number of amides is 1. The highest BCUT2D eigenvalue weighted by molar-refractivity contribution is 6.02. The van der Waals surface area contributed by atoms with E-state index >= 15 is 0 Å². The maximum atomic E-state index is 13.4. The van der Waals surface area contributed by atoms with Crippen LogP contribution in [-0.4, -0.2) is 40.2 Å². The molecule has 0 aliphatic carbocycles. The predicted molar refractivity (Wildman–Crippen MR) is 154 cm³/mol. The van der Waals surface area contributed by atoms with Gasteiger partial charge >= 0.3 is 0 Å². The number of unbranched alkanes of at least 4 members (excludes halogenated alkanes) is 1. The molecular formula is C33H37N3O2. The Hall–Kier alpha value is -3.86. The van der Waals surface area contributed by atoms with Gasteiger partial charge in [-0.05, 0) is 53.1 Å². The molecule has 5 heteroatoms. The molecule has 2 heterocycles. The smallest absolute Gasteiger partial charge is 0.272 e. The lowest BCUT2D eigenvalue weighted by Gasteiger charge is -2.19. The van der Waals surface area contributed by atoms with Gasteiger partial charge in [-0.1, -0.05) is 76.6 Å². The van der Waals surface area contributed by atoms with Crippen LogP contribution in [0.3, 0.4) is 0 Å². The number of hydrogen-bond donors (Lipinski definition) is 0. The fraction of sp³-hybridized carbons (Fsp3) is 0.333. The Kier molecular flexibility index (Phi) is 8.35. The van der Waals surface area contributed by atoms with Crippen LogP contribution in [0.5, 0.6) is 0 Å². The summed E-state index contributed by atoms with van der Waals surface area (Å²) in [5.74, 6) is 0.0415. The topological polar surface area (TPSA) is 63.2 Å².